The summed E-state index contributed by atoms with van der Waals surface area (Å²) in [6.07, 6.45) is 4.98. The van der Waals surface area contributed by atoms with Gasteiger partial charge in [0.2, 0.25) is 0 Å². The molecular weight excluding hydrogens is 528 g/mol. The van der Waals surface area contributed by atoms with Crippen molar-refractivity contribution in [2.75, 3.05) is 11.4 Å². The van der Waals surface area contributed by atoms with Crippen molar-refractivity contribution in [3.63, 3.8) is 0 Å². The van der Waals surface area contributed by atoms with Gasteiger partial charge in [0, 0.05) is 5.92 Å². The Kier molecular flexibility index (Phi) is 6.49. The minimum atomic E-state index is -0.968. The van der Waals surface area contributed by atoms with E-state index in [1.165, 1.54) is 5.01 Å². The van der Waals surface area contributed by atoms with E-state index in [9.17, 15) is 14.4 Å². The number of hydrogen-bond acceptors (Lipinski definition) is 7. The lowest BCUT2D eigenvalue weighted by Gasteiger charge is -2.30. The number of hydrogen-bond donors (Lipinski definition) is 0. The molecule has 0 N–H and O–H groups in total. The molecule has 3 aliphatic heterocycles. The first-order valence-corrected chi connectivity index (χ1v) is 14.3. The minimum absolute atomic E-state index is 0.0553. The number of carbonyl (C=O) groups is 3. The van der Waals surface area contributed by atoms with Crippen molar-refractivity contribution >= 4 is 35.2 Å². The van der Waals surface area contributed by atoms with Gasteiger partial charge in [0.1, 0.15) is 6.54 Å². The van der Waals surface area contributed by atoms with Crippen LogP contribution in [0.1, 0.15) is 42.0 Å². The van der Waals surface area contributed by atoms with Gasteiger partial charge in [0.15, 0.2) is 12.1 Å². The fraction of sp³-hybridized carbons (Fsp3) is 0.273. The third-order valence-electron chi connectivity index (χ3n) is 8.49. The fourth-order valence-electron chi connectivity index (χ4n) is 6.45. The molecule has 9 nitrogen and oxygen atoms in total. The average Bonchev–Trinajstić information content (AvgIpc) is 3.68. The fourth-order valence-corrected chi connectivity index (χ4v) is 6.45. The van der Waals surface area contributed by atoms with Gasteiger partial charge < -0.3 is 0 Å². The Bertz CT molecular complexity index is 1630. The first-order chi connectivity index (χ1) is 20.5. The molecule has 3 amide bonds. The number of fused-ring (bicyclic) bond motifs is 2. The molecule has 1 aliphatic carbocycles. The molecule has 9 heteroatoms. The molecule has 4 atom stereocenters. The normalized spacial score (nSPS) is 25.7. The van der Waals surface area contributed by atoms with Crippen LogP contribution in [-0.4, -0.2) is 52.1 Å². The third kappa shape index (κ3) is 4.41. The molecular formula is C33H30N6O3. The molecule has 42 heavy (non-hydrogen) atoms. The molecule has 7 rings (SSSR count). The van der Waals surface area contributed by atoms with Crippen molar-refractivity contribution in [2.24, 2.45) is 21.4 Å². The van der Waals surface area contributed by atoms with Gasteiger partial charge in [-0.15, -0.1) is 0 Å². The van der Waals surface area contributed by atoms with Gasteiger partial charge in [-0.2, -0.15) is 10.2 Å². The average molecular weight is 559 g/mol. The molecule has 0 unspecified atom stereocenters. The van der Waals surface area contributed by atoms with Crippen LogP contribution in [0.5, 0.6) is 0 Å². The number of aryl methyl sites for hydroxylation is 1. The van der Waals surface area contributed by atoms with Crippen molar-refractivity contribution < 1.29 is 14.4 Å². The zero-order valence-electron chi connectivity index (χ0n) is 23.2. The number of allylic oxidation sites excluding steroid dienone is 1. The van der Waals surface area contributed by atoms with Crippen molar-refractivity contribution in [3.05, 3.63) is 107 Å². The van der Waals surface area contributed by atoms with E-state index in [1.807, 2.05) is 67.6 Å². The number of benzene rings is 3. The van der Waals surface area contributed by atoms with Gasteiger partial charge in [0.05, 0.1) is 17.4 Å². The number of rotatable bonds is 5. The van der Waals surface area contributed by atoms with E-state index in [4.69, 9.17) is 5.10 Å². The van der Waals surface area contributed by atoms with Crippen LogP contribution in [0.3, 0.4) is 0 Å². The molecule has 2 fully saturated rings. The van der Waals surface area contributed by atoms with Gasteiger partial charge >= 0.3 is 0 Å². The summed E-state index contributed by atoms with van der Waals surface area (Å²) in [5.41, 5.74) is 5.69. The molecule has 1 saturated carbocycles. The highest BCUT2D eigenvalue weighted by Gasteiger charge is 2.55. The van der Waals surface area contributed by atoms with Crippen LogP contribution in [0.15, 0.2) is 106 Å². The van der Waals surface area contributed by atoms with Crippen LogP contribution < -0.4 is 4.90 Å². The summed E-state index contributed by atoms with van der Waals surface area (Å²) in [5.74, 6) is -1.10. The molecule has 3 aromatic rings. The summed E-state index contributed by atoms with van der Waals surface area (Å²) < 4.78 is 0. The molecule has 3 aromatic carbocycles. The summed E-state index contributed by atoms with van der Waals surface area (Å²) in [6, 6.07) is 25.1. The number of nitrogens with zero attached hydrogens (tertiary/aromatic N) is 6. The summed E-state index contributed by atoms with van der Waals surface area (Å²) in [5, 5.41) is 16.1. The summed E-state index contributed by atoms with van der Waals surface area (Å²) in [7, 11) is 0. The Balaban J connectivity index is 1.18. The van der Waals surface area contributed by atoms with Crippen LogP contribution >= 0.6 is 0 Å². The number of imide groups is 1. The van der Waals surface area contributed by atoms with E-state index < -0.39 is 23.9 Å². The predicted molar refractivity (Wildman–Crippen MR) is 158 cm³/mol. The maximum absolute atomic E-state index is 14.0. The minimum Gasteiger partial charge on any atom is -0.271 e. The van der Waals surface area contributed by atoms with E-state index in [-0.39, 0.29) is 24.4 Å². The Hall–Kier alpha value is -4.92. The molecule has 4 aliphatic rings. The zero-order chi connectivity index (χ0) is 28.8. The summed E-state index contributed by atoms with van der Waals surface area (Å²) in [6.45, 7) is 1.73. The van der Waals surface area contributed by atoms with Crippen molar-refractivity contribution in [1.29, 1.82) is 0 Å². The molecule has 0 spiro atoms. The monoisotopic (exact) mass is 558 g/mol. The van der Waals surface area contributed by atoms with E-state index in [2.05, 4.69) is 28.5 Å². The lowest BCUT2D eigenvalue weighted by molar-refractivity contribution is -0.136. The smallest absolute Gasteiger partial charge is 0.264 e. The van der Waals surface area contributed by atoms with Gasteiger partial charge in [-0.3, -0.25) is 19.4 Å². The van der Waals surface area contributed by atoms with Gasteiger partial charge in [-0.1, -0.05) is 83.6 Å². The second-order valence-corrected chi connectivity index (χ2v) is 11.2. The lowest BCUT2D eigenvalue weighted by atomic mass is 9.77. The standard InChI is InChI=1S/C33H30N6O3/c1-21-15-17-25(18-16-21)38-32(41)29-31(33(38)42)37(36-34-29)20-27(40)39-30(23-11-6-3-7-12-23)26-14-8-13-24(28(26)35-39)19-22-9-4-2-5-10-22/h2-7,9-12,15-19,26,29-31H,8,13-14,20H2,1H3/b24-19+/t26-,29-,30-,31+/m1/s1. The van der Waals surface area contributed by atoms with Crippen LogP contribution in [0, 0.1) is 12.8 Å². The Labute approximate surface area is 243 Å². The molecule has 0 aromatic heterocycles. The highest BCUT2D eigenvalue weighted by Crippen LogP contribution is 2.44. The summed E-state index contributed by atoms with van der Waals surface area (Å²) in [4.78, 5) is 41.8. The van der Waals surface area contributed by atoms with Gasteiger partial charge in [-0.05, 0) is 61.1 Å². The predicted octanol–water partition coefficient (Wildman–Crippen LogP) is 5.11. The van der Waals surface area contributed by atoms with E-state index in [0.29, 0.717) is 5.69 Å². The Morgan fingerprint density at radius 2 is 1.62 bits per heavy atom. The number of hydrazone groups is 1. The van der Waals surface area contributed by atoms with Crippen LogP contribution in [0.2, 0.25) is 0 Å². The zero-order valence-corrected chi connectivity index (χ0v) is 23.2. The molecule has 0 radical (unpaired) electrons. The van der Waals surface area contributed by atoms with E-state index >= 15 is 0 Å². The highest BCUT2D eigenvalue weighted by atomic mass is 16.2. The first kappa shape index (κ1) is 26.0. The lowest BCUT2D eigenvalue weighted by Crippen LogP contribution is -2.45. The summed E-state index contributed by atoms with van der Waals surface area (Å²) >= 11 is 0. The molecule has 0 bridgehead atoms. The number of amides is 3. The van der Waals surface area contributed by atoms with Crippen molar-refractivity contribution in [3.8, 4) is 0 Å². The van der Waals surface area contributed by atoms with Crippen LogP contribution in [0.25, 0.3) is 6.08 Å². The molecule has 210 valence electrons. The van der Waals surface area contributed by atoms with Crippen molar-refractivity contribution in [1.82, 2.24) is 10.0 Å². The topological polar surface area (TPSA) is 98.0 Å². The van der Waals surface area contributed by atoms with E-state index in [0.717, 1.165) is 52.1 Å². The van der Waals surface area contributed by atoms with Crippen LogP contribution in [0.4, 0.5) is 5.69 Å². The third-order valence-corrected chi connectivity index (χ3v) is 8.49. The maximum atomic E-state index is 14.0. The van der Waals surface area contributed by atoms with Gasteiger partial charge in [0.25, 0.3) is 17.7 Å². The first-order valence-electron chi connectivity index (χ1n) is 14.3. The quantitative estimate of drug-likeness (QED) is 0.407. The maximum Gasteiger partial charge on any atom is 0.264 e. The van der Waals surface area contributed by atoms with Crippen molar-refractivity contribution in [2.45, 2.75) is 44.3 Å². The Morgan fingerprint density at radius 3 is 2.36 bits per heavy atom. The van der Waals surface area contributed by atoms with Crippen LogP contribution in [-0.2, 0) is 14.4 Å². The number of carbonyl (C=O) groups excluding carboxylic acids is 3. The number of anilines is 1. The molecule has 1 saturated heterocycles. The molecule has 3 heterocycles. The second kappa shape index (κ2) is 10.5. The van der Waals surface area contributed by atoms with Gasteiger partial charge in [-0.25, -0.2) is 9.91 Å². The highest BCUT2D eigenvalue weighted by molar-refractivity contribution is 6.25. The SMILES string of the molecule is Cc1ccc(N2C(=O)[C@@H]3[C@@H](N=NN3CC(=O)N3N=C4/C(=C/c5ccccc5)CCC[C@H]4[C@H]3c3ccccc3)C2=O)cc1. The second-order valence-electron chi connectivity index (χ2n) is 11.2. The van der Waals surface area contributed by atoms with E-state index in [1.54, 1.807) is 17.1 Å². The Morgan fingerprint density at radius 1 is 0.905 bits per heavy atom. The largest absolute Gasteiger partial charge is 0.271 e.